The Bertz CT molecular complexity index is 488. The zero-order valence-corrected chi connectivity index (χ0v) is 12.4. The Labute approximate surface area is 122 Å². The molecule has 0 bridgehead atoms. The molecule has 1 unspecified atom stereocenters. The molecule has 1 atom stereocenters. The average molecular weight is 303 g/mol. The van der Waals surface area contributed by atoms with Crippen molar-refractivity contribution >= 4 is 0 Å². The molecule has 1 aromatic carbocycles. The van der Waals surface area contributed by atoms with E-state index in [2.05, 4.69) is 19.2 Å². The lowest BCUT2D eigenvalue weighted by Gasteiger charge is -2.32. The first-order valence-corrected chi connectivity index (χ1v) is 7.32. The van der Waals surface area contributed by atoms with Gasteiger partial charge in [-0.3, -0.25) is 0 Å². The molecule has 1 fully saturated rings. The van der Waals surface area contributed by atoms with Crippen molar-refractivity contribution in [3.05, 3.63) is 35.1 Å². The van der Waals surface area contributed by atoms with Crippen molar-refractivity contribution in [2.24, 2.45) is 5.92 Å². The quantitative estimate of drug-likeness (QED) is 0.804. The van der Waals surface area contributed by atoms with E-state index in [1.165, 1.54) is 6.07 Å². The molecule has 21 heavy (non-hydrogen) atoms. The molecule has 0 radical (unpaired) electrons. The van der Waals surface area contributed by atoms with Gasteiger partial charge in [0.15, 0.2) is 0 Å². The number of hydrogen-bond donors (Lipinski definition) is 1. The maximum absolute atomic E-state index is 13.2. The lowest BCUT2D eigenvalue weighted by Crippen LogP contribution is -2.43. The summed E-state index contributed by atoms with van der Waals surface area (Å²) in [7, 11) is 0. The predicted octanol–water partition coefficient (Wildman–Crippen LogP) is 4.56. The minimum absolute atomic E-state index is 0.180. The Hall–Kier alpha value is -1.10. The first-order valence-electron chi connectivity index (χ1n) is 7.32. The highest BCUT2D eigenvalue weighted by Crippen LogP contribution is 2.37. The third-order valence-electron chi connectivity index (χ3n) is 4.04. The SMILES string of the molecule is CC(C)CC1(Cc2ccc(F)cc2C(F)(F)F)CCCN1. The standard InChI is InChI=1S/C16H21F4N/c1-11(2)9-15(6-3-7-21-15)10-12-4-5-13(17)8-14(12)16(18,19)20/h4-5,8,11,21H,3,6-7,9-10H2,1-2H3. The molecule has 0 aliphatic carbocycles. The zero-order chi connectivity index (χ0) is 15.7. The zero-order valence-electron chi connectivity index (χ0n) is 12.4. The van der Waals surface area contributed by atoms with Crippen LogP contribution in [0.5, 0.6) is 0 Å². The summed E-state index contributed by atoms with van der Waals surface area (Å²) in [5.41, 5.74) is -0.968. The van der Waals surface area contributed by atoms with Crippen LogP contribution in [0.4, 0.5) is 17.6 Å². The maximum Gasteiger partial charge on any atom is 0.416 e. The van der Waals surface area contributed by atoms with E-state index in [4.69, 9.17) is 0 Å². The molecule has 0 spiro atoms. The van der Waals surface area contributed by atoms with Crippen LogP contribution >= 0.6 is 0 Å². The van der Waals surface area contributed by atoms with Gasteiger partial charge in [-0.15, -0.1) is 0 Å². The van der Waals surface area contributed by atoms with Crippen LogP contribution in [-0.2, 0) is 12.6 Å². The molecule has 2 rings (SSSR count). The lowest BCUT2D eigenvalue weighted by molar-refractivity contribution is -0.138. The molecule has 0 amide bonds. The van der Waals surface area contributed by atoms with Gasteiger partial charge < -0.3 is 5.32 Å². The van der Waals surface area contributed by atoms with Crippen LogP contribution < -0.4 is 5.32 Å². The fourth-order valence-corrected chi connectivity index (χ4v) is 3.38. The highest BCUT2D eigenvalue weighted by atomic mass is 19.4. The van der Waals surface area contributed by atoms with Crippen LogP contribution in [0.3, 0.4) is 0 Å². The summed E-state index contributed by atoms with van der Waals surface area (Å²) >= 11 is 0. The van der Waals surface area contributed by atoms with Gasteiger partial charge in [0.05, 0.1) is 5.56 Å². The number of alkyl halides is 3. The highest BCUT2D eigenvalue weighted by Gasteiger charge is 2.39. The molecule has 1 nitrogen and oxygen atoms in total. The van der Waals surface area contributed by atoms with Gasteiger partial charge in [0, 0.05) is 5.54 Å². The number of halogens is 4. The van der Waals surface area contributed by atoms with Crippen LogP contribution in [-0.4, -0.2) is 12.1 Å². The smallest absolute Gasteiger partial charge is 0.311 e. The van der Waals surface area contributed by atoms with E-state index in [-0.39, 0.29) is 11.1 Å². The molecule has 1 heterocycles. The van der Waals surface area contributed by atoms with Crippen molar-refractivity contribution in [2.75, 3.05) is 6.54 Å². The minimum Gasteiger partial charge on any atom is -0.311 e. The van der Waals surface area contributed by atoms with Gasteiger partial charge in [-0.2, -0.15) is 13.2 Å². The first kappa shape index (κ1) is 16.3. The Balaban J connectivity index is 2.33. The van der Waals surface area contributed by atoms with Gasteiger partial charge in [0.25, 0.3) is 0 Å². The van der Waals surface area contributed by atoms with Crippen LogP contribution in [0.1, 0.15) is 44.2 Å². The second-order valence-electron chi connectivity index (χ2n) is 6.38. The Morgan fingerprint density at radius 3 is 2.52 bits per heavy atom. The Morgan fingerprint density at radius 1 is 1.29 bits per heavy atom. The number of hydrogen-bond acceptors (Lipinski definition) is 1. The van der Waals surface area contributed by atoms with Gasteiger partial charge >= 0.3 is 6.18 Å². The van der Waals surface area contributed by atoms with E-state index in [0.29, 0.717) is 18.4 Å². The third kappa shape index (κ3) is 3.96. The Kier molecular flexibility index (Phi) is 4.61. The average Bonchev–Trinajstić information content (AvgIpc) is 2.77. The summed E-state index contributed by atoms with van der Waals surface area (Å²) in [5, 5.41) is 3.38. The normalized spacial score (nSPS) is 23.0. The van der Waals surface area contributed by atoms with Crippen LogP contribution in [0, 0.1) is 11.7 Å². The molecule has 0 saturated carbocycles. The summed E-state index contributed by atoms with van der Waals surface area (Å²) in [6, 6.07) is 3.00. The fourth-order valence-electron chi connectivity index (χ4n) is 3.38. The molecular formula is C16H21F4N. The van der Waals surface area contributed by atoms with E-state index >= 15 is 0 Å². The number of rotatable bonds is 4. The predicted molar refractivity (Wildman–Crippen MR) is 74.5 cm³/mol. The van der Waals surface area contributed by atoms with E-state index in [9.17, 15) is 17.6 Å². The second-order valence-corrected chi connectivity index (χ2v) is 6.38. The van der Waals surface area contributed by atoms with E-state index < -0.39 is 17.6 Å². The van der Waals surface area contributed by atoms with Crippen molar-refractivity contribution < 1.29 is 17.6 Å². The summed E-state index contributed by atoms with van der Waals surface area (Å²) < 4.78 is 52.5. The van der Waals surface area contributed by atoms with Gasteiger partial charge in [-0.1, -0.05) is 19.9 Å². The number of nitrogens with one attached hydrogen (secondary N) is 1. The van der Waals surface area contributed by atoms with Crippen molar-refractivity contribution in [3.8, 4) is 0 Å². The van der Waals surface area contributed by atoms with Crippen molar-refractivity contribution in [2.45, 2.75) is 51.2 Å². The van der Waals surface area contributed by atoms with Gasteiger partial charge in [0.1, 0.15) is 5.82 Å². The first-order chi connectivity index (χ1) is 9.72. The van der Waals surface area contributed by atoms with Gasteiger partial charge in [-0.25, -0.2) is 4.39 Å². The lowest BCUT2D eigenvalue weighted by atomic mass is 9.81. The fraction of sp³-hybridized carbons (Fsp3) is 0.625. The summed E-state index contributed by atoms with van der Waals surface area (Å²) in [6.07, 6.45) is -1.58. The van der Waals surface area contributed by atoms with Crippen molar-refractivity contribution in [1.82, 2.24) is 5.32 Å². The minimum atomic E-state index is -4.52. The van der Waals surface area contributed by atoms with Crippen molar-refractivity contribution in [1.29, 1.82) is 0 Å². The van der Waals surface area contributed by atoms with Gasteiger partial charge in [0.2, 0.25) is 0 Å². The molecule has 5 heteroatoms. The molecule has 1 aromatic rings. The van der Waals surface area contributed by atoms with E-state index in [1.807, 2.05) is 0 Å². The summed E-state index contributed by atoms with van der Waals surface area (Å²) in [6.45, 7) is 4.96. The summed E-state index contributed by atoms with van der Waals surface area (Å²) in [5.74, 6) is -0.450. The van der Waals surface area contributed by atoms with Crippen LogP contribution in [0.25, 0.3) is 0 Å². The van der Waals surface area contributed by atoms with Crippen molar-refractivity contribution in [3.63, 3.8) is 0 Å². The van der Waals surface area contributed by atoms with Gasteiger partial charge in [-0.05, 0) is 55.8 Å². The van der Waals surface area contributed by atoms with Crippen LogP contribution in [0.15, 0.2) is 18.2 Å². The monoisotopic (exact) mass is 303 g/mol. The topological polar surface area (TPSA) is 12.0 Å². The molecule has 118 valence electrons. The largest absolute Gasteiger partial charge is 0.416 e. The number of benzene rings is 1. The molecule has 1 saturated heterocycles. The summed E-state index contributed by atoms with van der Waals surface area (Å²) in [4.78, 5) is 0. The third-order valence-corrected chi connectivity index (χ3v) is 4.04. The van der Waals surface area contributed by atoms with E-state index in [0.717, 1.165) is 31.9 Å². The Morgan fingerprint density at radius 2 is 2.00 bits per heavy atom. The van der Waals surface area contributed by atoms with Crippen LogP contribution in [0.2, 0.25) is 0 Å². The van der Waals surface area contributed by atoms with E-state index in [1.54, 1.807) is 0 Å². The maximum atomic E-state index is 13.2. The highest BCUT2D eigenvalue weighted by molar-refractivity contribution is 5.32. The molecule has 1 aliphatic rings. The molecular weight excluding hydrogens is 282 g/mol. The molecule has 1 aliphatic heterocycles. The second kappa shape index (κ2) is 5.95. The molecule has 1 N–H and O–H groups in total. The molecule has 0 aromatic heterocycles.